The lowest BCUT2D eigenvalue weighted by Gasteiger charge is -2.43. The van der Waals surface area contributed by atoms with E-state index in [1.165, 1.54) is 6.07 Å². The normalized spacial score (nSPS) is 25.3. The number of hydrogen-bond donors (Lipinski definition) is 5. The molecule has 2 aliphatic heterocycles. The number of halogens is 2. The van der Waals surface area contributed by atoms with Gasteiger partial charge in [0.2, 0.25) is 5.91 Å². The molecule has 1 aromatic carbocycles. The van der Waals surface area contributed by atoms with Gasteiger partial charge in [-0.1, -0.05) is 12.1 Å². The van der Waals surface area contributed by atoms with E-state index in [-0.39, 0.29) is 55.2 Å². The van der Waals surface area contributed by atoms with Gasteiger partial charge in [0.15, 0.2) is 0 Å². The standard InChI is InChI=1S/C27H34F2N8O2/c1-2-37-11-7-22(35-37)18-5-6-19(21(28)13-18)15-36-12-9-27(8-10-30,23(29)16-36)33-14-20(25(32)38)24(31)34-26(39)17-3-4-17/h5-7,11,13-14,17,22-23,33,35H,2-4,8-9,12,15-16H2,1H3,(H2,32,38)(H2,31,34,39)/b20-14+. The minimum absolute atomic E-state index is 0.0656. The zero-order chi connectivity index (χ0) is 28.2. The number of nitrogens with zero attached hydrogens (tertiary/aromatic N) is 3. The zero-order valence-corrected chi connectivity index (χ0v) is 21.8. The third-order valence-electron chi connectivity index (χ3n) is 7.46. The summed E-state index contributed by atoms with van der Waals surface area (Å²) < 4.78 is 30.6. The van der Waals surface area contributed by atoms with Gasteiger partial charge in [-0.3, -0.25) is 19.9 Å². The molecule has 0 spiro atoms. The number of amidine groups is 1. The van der Waals surface area contributed by atoms with Crippen molar-refractivity contribution in [2.75, 3.05) is 19.6 Å². The van der Waals surface area contributed by atoms with E-state index in [1.54, 1.807) is 11.0 Å². The molecule has 4 rings (SSSR count). The second kappa shape index (κ2) is 11.9. The van der Waals surface area contributed by atoms with E-state index in [1.807, 2.05) is 36.3 Å². The molecule has 6 N–H and O–H groups in total. The average Bonchev–Trinajstić information content (AvgIpc) is 3.64. The predicted molar refractivity (Wildman–Crippen MR) is 141 cm³/mol. The molecule has 3 aliphatic rings. The number of primary amides is 1. The Labute approximate surface area is 226 Å². The van der Waals surface area contributed by atoms with Gasteiger partial charge < -0.3 is 21.4 Å². The molecule has 0 bridgehead atoms. The maximum atomic E-state index is 15.6. The lowest BCUT2D eigenvalue weighted by molar-refractivity contribution is -0.120. The fraction of sp³-hybridized carbons (Fsp3) is 0.481. The fourth-order valence-electron chi connectivity index (χ4n) is 4.79. The number of nitrogens with two attached hydrogens (primary N) is 1. The van der Waals surface area contributed by atoms with Crippen molar-refractivity contribution in [2.45, 2.75) is 56.9 Å². The van der Waals surface area contributed by atoms with Gasteiger partial charge in [-0.25, -0.2) is 14.2 Å². The van der Waals surface area contributed by atoms with Crippen molar-refractivity contribution in [3.8, 4) is 6.07 Å². The maximum absolute atomic E-state index is 15.6. The van der Waals surface area contributed by atoms with E-state index in [2.05, 4.69) is 16.1 Å². The van der Waals surface area contributed by atoms with Crippen LogP contribution in [0.4, 0.5) is 8.78 Å². The van der Waals surface area contributed by atoms with Crippen molar-refractivity contribution in [2.24, 2.45) is 11.7 Å². The number of benzene rings is 1. The molecule has 3 atom stereocenters. The lowest BCUT2D eigenvalue weighted by Crippen LogP contribution is -2.60. The molecule has 2 amide bonds. The number of hydrazine groups is 1. The van der Waals surface area contributed by atoms with Crippen molar-refractivity contribution in [3.05, 3.63) is 59.2 Å². The first kappa shape index (κ1) is 28.2. The Morgan fingerprint density at radius 3 is 2.74 bits per heavy atom. The molecular weight excluding hydrogens is 506 g/mol. The van der Waals surface area contributed by atoms with Crippen molar-refractivity contribution in [1.29, 1.82) is 10.7 Å². The molecule has 1 aliphatic carbocycles. The van der Waals surface area contributed by atoms with Crippen LogP contribution >= 0.6 is 0 Å². The summed E-state index contributed by atoms with van der Waals surface area (Å²) in [5.41, 5.74) is 8.25. The second-order valence-electron chi connectivity index (χ2n) is 10.2. The van der Waals surface area contributed by atoms with Crippen molar-refractivity contribution in [1.82, 2.24) is 26.0 Å². The number of piperidine rings is 1. The van der Waals surface area contributed by atoms with Gasteiger partial charge >= 0.3 is 0 Å². The Hall–Kier alpha value is -3.82. The highest BCUT2D eigenvalue weighted by Crippen LogP contribution is 2.31. The van der Waals surface area contributed by atoms with Crippen LogP contribution in [-0.4, -0.2) is 58.9 Å². The smallest absolute Gasteiger partial charge is 0.253 e. The SMILES string of the molecule is CCN1C=CC(c2ccc(CN3CCC(CC#N)(N/C=C(\C(=N)NC(=O)C4CC4)C(N)=O)C(F)C3)c(F)c2)N1. The Bertz CT molecular complexity index is 1220. The molecule has 1 saturated carbocycles. The molecule has 39 heavy (non-hydrogen) atoms. The first-order valence-electron chi connectivity index (χ1n) is 13.1. The number of carbonyl (C=O) groups is 2. The first-order valence-corrected chi connectivity index (χ1v) is 13.1. The highest BCUT2D eigenvalue weighted by molar-refractivity contribution is 6.22. The zero-order valence-electron chi connectivity index (χ0n) is 21.8. The van der Waals surface area contributed by atoms with E-state index >= 15 is 4.39 Å². The Morgan fingerprint density at radius 1 is 1.38 bits per heavy atom. The Balaban J connectivity index is 1.40. The van der Waals surface area contributed by atoms with Crippen LogP contribution in [0.25, 0.3) is 0 Å². The summed E-state index contributed by atoms with van der Waals surface area (Å²) in [4.78, 5) is 25.7. The molecule has 2 fully saturated rings. The van der Waals surface area contributed by atoms with E-state index in [9.17, 15) is 19.2 Å². The molecule has 0 radical (unpaired) electrons. The third kappa shape index (κ3) is 6.61. The minimum Gasteiger partial charge on any atom is -0.381 e. The van der Waals surface area contributed by atoms with Gasteiger partial charge in [0.25, 0.3) is 5.91 Å². The van der Waals surface area contributed by atoms with Crippen molar-refractivity contribution in [3.63, 3.8) is 0 Å². The van der Waals surface area contributed by atoms with E-state index in [0.717, 1.165) is 31.1 Å². The fourth-order valence-corrected chi connectivity index (χ4v) is 4.79. The highest BCUT2D eigenvalue weighted by atomic mass is 19.1. The lowest BCUT2D eigenvalue weighted by atomic mass is 9.83. The molecule has 2 heterocycles. The van der Waals surface area contributed by atoms with Gasteiger partial charge in [0, 0.05) is 50.1 Å². The summed E-state index contributed by atoms with van der Waals surface area (Å²) in [7, 11) is 0. The maximum Gasteiger partial charge on any atom is 0.253 e. The minimum atomic E-state index is -1.54. The first-order chi connectivity index (χ1) is 18.7. The number of amides is 2. The number of nitriles is 1. The molecule has 208 valence electrons. The Morgan fingerprint density at radius 2 is 2.15 bits per heavy atom. The summed E-state index contributed by atoms with van der Waals surface area (Å²) in [6.45, 7) is 3.29. The van der Waals surface area contributed by atoms with Gasteiger partial charge in [-0.2, -0.15) is 5.26 Å². The highest BCUT2D eigenvalue weighted by Gasteiger charge is 2.43. The van der Waals surface area contributed by atoms with Crippen LogP contribution in [0.2, 0.25) is 0 Å². The van der Waals surface area contributed by atoms with Crippen LogP contribution in [0.1, 0.15) is 49.8 Å². The van der Waals surface area contributed by atoms with Gasteiger partial charge in [-0.15, -0.1) is 0 Å². The number of alkyl halides is 1. The van der Waals surface area contributed by atoms with Crippen LogP contribution in [0.5, 0.6) is 0 Å². The number of likely N-dealkylation sites (tertiary alicyclic amines) is 1. The number of nitrogens with one attached hydrogen (secondary N) is 4. The predicted octanol–water partition coefficient (Wildman–Crippen LogP) is 1.88. The summed E-state index contributed by atoms with van der Waals surface area (Å²) in [6, 6.07) is 6.93. The molecule has 0 aromatic heterocycles. The largest absolute Gasteiger partial charge is 0.381 e. The molecule has 1 saturated heterocycles. The van der Waals surface area contributed by atoms with E-state index < -0.39 is 23.5 Å². The number of hydrogen-bond acceptors (Lipinski definition) is 8. The topological polar surface area (TPSA) is 150 Å². The van der Waals surface area contributed by atoms with Gasteiger partial charge in [0.05, 0.1) is 29.6 Å². The quantitative estimate of drug-likeness (QED) is 0.173. The van der Waals surface area contributed by atoms with Gasteiger partial charge in [0.1, 0.15) is 17.8 Å². The van der Waals surface area contributed by atoms with Crippen molar-refractivity contribution < 1.29 is 18.4 Å². The monoisotopic (exact) mass is 540 g/mol. The second-order valence-corrected chi connectivity index (χ2v) is 10.2. The molecule has 12 heteroatoms. The van der Waals surface area contributed by atoms with E-state index in [0.29, 0.717) is 12.1 Å². The van der Waals surface area contributed by atoms with Crippen LogP contribution < -0.4 is 21.8 Å². The van der Waals surface area contributed by atoms with E-state index in [4.69, 9.17) is 11.1 Å². The summed E-state index contributed by atoms with van der Waals surface area (Å²) in [5.74, 6) is -2.36. The summed E-state index contributed by atoms with van der Waals surface area (Å²) in [6.07, 6.45) is 4.88. The molecule has 3 unspecified atom stereocenters. The molecule has 1 aromatic rings. The van der Waals surface area contributed by atoms with Crippen LogP contribution in [0, 0.1) is 28.5 Å². The van der Waals surface area contributed by atoms with Crippen LogP contribution in [0.3, 0.4) is 0 Å². The molecular formula is C27H34F2N8O2. The van der Waals surface area contributed by atoms with Crippen molar-refractivity contribution >= 4 is 17.6 Å². The number of rotatable bonds is 10. The summed E-state index contributed by atoms with van der Waals surface area (Å²) >= 11 is 0. The Kier molecular flexibility index (Phi) is 8.62. The van der Waals surface area contributed by atoms with Gasteiger partial charge in [-0.05, 0) is 43.9 Å². The third-order valence-corrected chi connectivity index (χ3v) is 7.46. The van der Waals surface area contributed by atoms with Crippen LogP contribution in [0.15, 0.2) is 42.2 Å². The van der Waals surface area contributed by atoms with Crippen LogP contribution in [-0.2, 0) is 16.1 Å². The molecule has 10 nitrogen and oxygen atoms in total. The number of carbonyl (C=O) groups excluding carboxylic acids is 2. The average molecular weight is 541 g/mol. The summed E-state index contributed by atoms with van der Waals surface area (Å²) in [5, 5.41) is 24.6.